The molecule has 2 aliphatic heterocycles. The van der Waals surface area contributed by atoms with E-state index in [1.54, 1.807) is 57.8 Å². The number of aromatic nitrogens is 6. The second kappa shape index (κ2) is 12.2. The molecule has 6 heterocycles. The molecular formula is C32H32FN9O4S. The van der Waals surface area contributed by atoms with Crippen LogP contribution in [-0.4, -0.2) is 64.9 Å². The van der Waals surface area contributed by atoms with E-state index in [2.05, 4.69) is 20.4 Å². The van der Waals surface area contributed by atoms with Crippen molar-refractivity contribution in [1.29, 1.82) is 0 Å². The molecule has 3 aliphatic rings. The fourth-order valence-corrected chi connectivity index (χ4v) is 7.05. The van der Waals surface area contributed by atoms with E-state index in [4.69, 9.17) is 14.8 Å². The Morgan fingerprint density at radius 2 is 1.91 bits per heavy atom. The molecule has 0 radical (unpaired) electrons. The van der Waals surface area contributed by atoms with Crippen LogP contribution >= 0.6 is 12.0 Å². The summed E-state index contributed by atoms with van der Waals surface area (Å²) in [4.78, 5) is 35.5. The van der Waals surface area contributed by atoms with Crippen LogP contribution in [0.5, 0.6) is 0 Å². The van der Waals surface area contributed by atoms with Crippen LogP contribution in [0.4, 0.5) is 15.9 Å². The zero-order valence-corrected chi connectivity index (χ0v) is 26.2. The zero-order chi connectivity index (χ0) is 32.1. The predicted octanol–water partition coefficient (Wildman–Crippen LogP) is 4.17. The lowest BCUT2D eigenvalue weighted by atomic mass is 9.94. The van der Waals surface area contributed by atoms with Gasteiger partial charge < -0.3 is 15.8 Å². The fraction of sp³-hybridized carbons (Fsp3) is 0.344. The number of benzene rings is 1. The van der Waals surface area contributed by atoms with Gasteiger partial charge in [0.05, 0.1) is 25.5 Å². The van der Waals surface area contributed by atoms with Crippen LogP contribution < -0.4 is 16.6 Å². The Balaban J connectivity index is 1.07. The predicted molar refractivity (Wildman–Crippen MR) is 173 cm³/mol. The highest BCUT2D eigenvalue weighted by molar-refractivity contribution is 7.95. The molecule has 1 amide bonds. The summed E-state index contributed by atoms with van der Waals surface area (Å²) in [7, 11) is 0. The summed E-state index contributed by atoms with van der Waals surface area (Å²) in [6, 6.07) is 11.6. The Kier molecular flexibility index (Phi) is 7.75. The van der Waals surface area contributed by atoms with Crippen LogP contribution in [0.2, 0.25) is 0 Å². The minimum Gasteiger partial charge on any atom is -0.382 e. The van der Waals surface area contributed by atoms with Gasteiger partial charge in [0.25, 0.3) is 11.5 Å². The molecule has 0 bridgehead atoms. The second-order valence-corrected chi connectivity index (χ2v) is 12.9. The molecule has 2 fully saturated rings. The number of nitrogens with two attached hydrogens (primary N) is 1. The molecule has 0 atom stereocenters. The van der Waals surface area contributed by atoms with E-state index in [1.807, 2.05) is 11.1 Å². The van der Waals surface area contributed by atoms with Crippen molar-refractivity contribution in [3.05, 3.63) is 88.1 Å². The van der Waals surface area contributed by atoms with E-state index >= 15 is 4.39 Å². The van der Waals surface area contributed by atoms with Crippen molar-refractivity contribution in [2.75, 3.05) is 30.7 Å². The first kappa shape index (κ1) is 29.8. The Morgan fingerprint density at radius 3 is 2.68 bits per heavy atom. The minimum absolute atomic E-state index is 0.0737. The van der Waals surface area contributed by atoms with Gasteiger partial charge >= 0.3 is 0 Å². The summed E-state index contributed by atoms with van der Waals surface area (Å²) in [5.74, 6) is -0.427. The number of hydroxylamine groups is 2. The first-order valence-corrected chi connectivity index (χ1v) is 16.4. The Hall–Kier alpha value is -4.57. The molecule has 1 saturated carbocycles. The summed E-state index contributed by atoms with van der Waals surface area (Å²) in [5.41, 5.74) is 8.67. The third-order valence-electron chi connectivity index (χ3n) is 8.84. The minimum atomic E-state index is -0.661. The lowest BCUT2D eigenvalue weighted by Crippen LogP contribution is -2.32. The number of nitrogens with one attached hydrogen (secondary N) is 1. The number of nitrogen functional groups attached to an aromatic ring is 1. The normalized spacial score (nSPS) is 17.2. The first-order valence-electron chi connectivity index (χ1n) is 15.6. The van der Waals surface area contributed by atoms with E-state index in [0.29, 0.717) is 46.6 Å². The summed E-state index contributed by atoms with van der Waals surface area (Å²) in [6.45, 7) is 2.41. The van der Waals surface area contributed by atoms with Crippen molar-refractivity contribution >= 4 is 35.0 Å². The van der Waals surface area contributed by atoms with Gasteiger partial charge in [0.1, 0.15) is 23.2 Å². The smallest absolute Gasteiger partial charge is 0.286 e. The lowest BCUT2D eigenvalue weighted by Gasteiger charge is -2.30. The van der Waals surface area contributed by atoms with Crippen molar-refractivity contribution in [3.8, 4) is 16.9 Å². The van der Waals surface area contributed by atoms with Crippen LogP contribution in [0.15, 0.2) is 59.8 Å². The molecule has 47 heavy (non-hydrogen) atoms. The third-order valence-corrected chi connectivity index (χ3v) is 9.88. The Bertz CT molecular complexity index is 2030. The Morgan fingerprint density at radius 1 is 1.06 bits per heavy atom. The van der Waals surface area contributed by atoms with Crippen LogP contribution in [0, 0.1) is 5.82 Å². The molecule has 4 aromatic heterocycles. The van der Waals surface area contributed by atoms with Gasteiger partial charge in [-0.1, -0.05) is 6.07 Å². The molecule has 0 spiro atoms. The largest absolute Gasteiger partial charge is 0.382 e. The van der Waals surface area contributed by atoms with E-state index in [9.17, 15) is 9.59 Å². The van der Waals surface area contributed by atoms with E-state index < -0.39 is 17.3 Å². The van der Waals surface area contributed by atoms with Crippen molar-refractivity contribution in [3.63, 3.8) is 0 Å². The number of hydrogen-bond acceptors (Lipinski definition) is 10. The lowest BCUT2D eigenvalue weighted by molar-refractivity contribution is -0.0569. The molecule has 1 aromatic carbocycles. The molecule has 0 unspecified atom stereocenters. The van der Waals surface area contributed by atoms with Gasteiger partial charge in [0, 0.05) is 65.0 Å². The number of ether oxygens (including phenoxy) is 1. The first-order chi connectivity index (χ1) is 23.0. The van der Waals surface area contributed by atoms with E-state index in [-0.39, 0.29) is 29.6 Å². The highest BCUT2D eigenvalue weighted by Crippen LogP contribution is 2.40. The number of carbonyl (C=O) groups excluding carboxylic acids is 1. The monoisotopic (exact) mass is 657 g/mol. The van der Waals surface area contributed by atoms with Gasteiger partial charge in [0.2, 0.25) is 0 Å². The number of halogens is 1. The number of hydrogen-bond donors (Lipinski definition) is 2. The maximum atomic E-state index is 15.9. The summed E-state index contributed by atoms with van der Waals surface area (Å²) in [5, 5.41) is 9.82. The quantitative estimate of drug-likeness (QED) is 0.233. The van der Waals surface area contributed by atoms with E-state index in [1.165, 1.54) is 29.9 Å². The second-order valence-electron chi connectivity index (χ2n) is 11.9. The number of carbonyl (C=O) groups is 1. The average Bonchev–Trinajstić information content (AvgIpc) is 3.76. The molecule has 242 valence electrons. The summed E-state index contributed by atoms with van der Waals surface area (Å²) >= 11 is 1.55. The van der Waals surface area contributed by atoms with Gasteiger partial charge in [-0.05, 0) is 62.1 Å². The molecule has 5 aromatic rings. The maximum Gasteiger partial charge on any atom is 0.286 e. The molecule has 3 N–H and O–H groups in total. The highest BCUT2D eigenvalue weighted by atomic mass is 32.2. The summed E-state index contributed by atoms with van der Waals surface area (Å²) < 4.78 is 32.2. The molecule has 8 rings (SSSR count). The molecule has 1 aliphatic carbocycles. The van der Waals surface area contributed by atoms with Crippen molar-refractivity contribution in [1.82, 2.24) is 34.0 Å². The number of piperidine rings is 1. The summed E-state index contributed by atoms with van der Waals surface area (Å²) in [6.07, 6.45) is 7.11. The number of nitrogens with zero attached hydrogens (tertiary/aromatic N) is 7. The van der Waals surface area contributed by atoms with Gasteiger partial charge in [-0.2, -0.15) is 14.8 Å². The van der Waals surface area contributed by atoms with Crippen molar-refractivity contribution in [2.24, 2.45) is 0 Å². The SMILES string of the molecule is Nc1ncnn2c(C3CCN(OSC4CC4)CC3)cc(-c3ccc(NC(=O)c4c5n(n(-c6ccccn6)c4=O)CCOC5)cc3F)c12. The molecule has 15 heteroatoms. The van der Waals surface area contributed by atoms with E-state index in [0.717, 1.165) is 31.6 Å². The molecule has 1 saturated heterocycles. The average molecular weight is 658 g/mol. The number of rotatable bonds is 8. The highest BCUT2D eigenvalue weighted by Gasteiger charge is 2.31. The van der Waals surface area contributed by atoms with Crippen molar-refractivity contribution in [2.45, 2.75) is 50.0 Å². The van der Waals surface area contributed by atoms with Gasteiger partial charge in [-0.15, -0.1) is 0 Å². The number of amides is 1. The molecular weight excluding hydrogens is 625 g/mol. The van der Waals surface area contributed by atoms with Crippen LogP contribution in [0.25, 0.3) is 22.5 Å². The number of pyridine rings is 1. The van der Waals surface area contributed by atoms with Gasteiger partial charge in [-0.25, -0.2) is 23.2 Å². The van der Waals surface area contributed by atoms with Crippen LogP contribution in [0.3, 0.4) is 0 Å². The number of fused-ring (bicyclic) bond motifs is 2. The third kappa shape index (κ3) is 5.58. The standard InChI is InChI=1S/C32H32FN9O4S/c33-24-15-20(38-31(43)28-26-17-45-14-13-40(26)42(32(28)44)27-3-1-2-10-35-27)4-7-22(24)23-16-25(41-29(23)30(34)36-18-37-41)19-8-11-39(12-9-19)46-47-21-5-6-21/h1-4,7,10,15-16,18-19,21H,5-6,8-9,11-14,17H2,(H,38,43)(H2,34,36,37). The number of anilines is 2. The van der Waals surface area contributed by atoms with Crippen LogP contribution in [-0.2, 0) is 22.2 Å². The Labute approximate surface area is 272 Å². The van der Waals surface area contributed by atoms with Crippen molar-refractivity contribution < 1.29 is 18.2 Å². The topological polar surface area (TPSA) is 147 Å². The van der Waals surface area contributed by atoms with Gasteiger partial charge in [-0.3, -0.25) is 14.3 Å². The maximum absolute atomic E-state index is 15.9. The van der Waals surface area contributed by atoms with Gasteiger partial charge in [0.15, 0.2) is 11.6 Å². The zero-order valence-electron chi connectivity index (χ0n) is 25.3. The molecule has 13 nitrogen and oxygen atoms in total. The van der Waals surface area contributed by atoms with Crippen LogP contribution in [0.1, 0.15) is 53.3 Å². The fourth-order valence-electron chi connectivity index (χ4n) is 6.33.